The second kappa shape index (κ2) is 6.75. The number of benzene rings is 1. The van der Waals surface area contributed by atoms with Gasteiger partial charge in [0, 0.05) is 34.8 Å². The first-order valence-corrected chi connectivity index (χ1v) is 9.11. The molecular formula is C19H22BrN3O2. The third kappa shape index (κ3) is 4.18. The zero-order valence-corrected chi connectivity index (χ0v) is 16.6. The largest absolute Gasteiger partial charge is 0.444 e. The summed E-state index contributed by atoms with van der Waals surface area (Å²) < 4.78 is 6.50. The zero-order chi connectivity index (χ0) is 18.2. The summed E-state index contributed by atoms with van der Waals surface area (Å²) in [6.45, 7) is 8.77. The number of halogens is 1. The minimum atomic E-state index is -0.489. The van der Waals surface area contributed by atoms with Gasteiger partial charge in [-0.15, -0.1) is 0 Å². The molecule has 2 aromatic rings. The molecule has 0 N–H and O–H groups in total. The van der Waals surface area contributed by atoms with Crippen molar-refractivity contribution in [1.29, 1.82) is 0 Å². The van der Waals surface area contributed by atoms with E-state index in [-0.39, 0.29) is 6.09 Å². The summed E-state index contributed by atoms with van der Waals surface area (Å²) in [5, 5.41) is 0. The van der Waals surface area contributed by atoms with E-state index in [1.165, 1.54) is 0 Å². The summed E-state index contributed by atoms with van der Waals surface area (Å²) in [6, 6.07) is 6.08. The van der Waals surface area contributed by atoms with E-state index in [1.54, 1.807) is 4.90 Å². The number of aromatic nitrogens is 2. The predicted octanol–water partition coefficient (Wildman–Crippen LogP) is 4.51. The number of amides is 1. The Bertz CT molecular complexity index is 815. The average molecular weight is 404 g/mol. The number of carbonyl (C=O) groups is 1. The Kier molecular flexibility index (Phi) is 4.82. The highest BCUT2D eigenvalue weighted by Gasteiger charge is 2.26. The SMILES string of the molecule is Cc1cc(Br)ccc1-c1ncc2c(n1)CCN(C(=O)OC(C)(C)C)C2. The summed E-state index contributed by atoms with van der Waals surface area (Å²) in [4.78, 5) is 23.2. The molecule has 0 aliphatic carbocycles. The van der Waals surface area contributed by atoms with E-state index in [0.717, 1.165) is 32.7 Å². The van der Waals surface area contributed by atoms with Crippen LogP contribution in [0.2, 0.25) is 0 Å². The lowest BCUT2D eigenvalue weighted by Crippen LogP contribution is -2.40. The topological polar surface area (TPSA) is 55.3 Å². The van der Waals surface area contributed by atoms with Crippen LogP contribution in [-0.2, 0) is 17.7 Å². The third-order valence-electron chi connectivity index (χ3n) is 4.01. The van der Waals surface area contributed by atoms with Crippen LogP contribution in [0, 0.1) is 6.92 Å². The second-order valence-electron chi connectivity index (χ2n) is 7.28. The molecule has 25 heavy (non-hydrogen) atoms. The quantitative estimate of drug-likeness (QED) is 0.702. The van der Waals surface area contributed by atoms with E-state index in [2.05, 4.69) is 27.0 Å². The molecule has 0 bridgehead atoms. The molecule has 2 heterocycles. The van der Waals surface area contributed by atoms with Gasteiger partial charge in [-0.3, -0.25) is 0 Å². The molecule has 3 rings (SSSR count). The van der Waals surface area contributed by atoms with Gasteiger partial charge in [-0.2, -0.15) is 0 Å². The molecule has 1 aliphatic heterocycles. The Labute approximate surface area is 156 Å². The maximum Gasteiger partial charge on any atom is 0.410 e. The van der Waals surface area contributed by atoms with E-state index in [9.17, 15) is 4.79 Å². The molecule has 1 aromatic carbocycles. The van der Waals surface area contributed by atoms with Gasteiger partial charge in [-0.25, -0.2) is 14.8 Å². The fourth-order valence-corrected chi connectivity index (χ4v) is 3.28. The highest BCUT2D eigenvalue weighted by atomic mass is 79.9. The number of rotatable bonds is 1. The van der Waals surface area contributed by atoms with Crippen LogP contribution in [0.1, 0.15) is 37.6 Å². The molecule has 132 valence electrons. The second-order valence-corrected chi connectivity index (χ2v) is 8.19. The van der Waals surface area contributed by atoms with Crippen LogP contribution in [-0.4, -0.2) is 33.1 Å². The first-order chi connectivity index (χ1) is 11.7. The van der Waals surface area contributed by atoms with Gasteiger partial charge >= 0.3 is 6.09 Å². The van der Waals surface area contributed by atoms with Crippen LogP contribution >= 0.6 is 15.9 Å². The lowest BCUT2D eigenvalue weighted by Gasteiger charge is -2.30. The Morgan fingerprint density at radius 3 is 2.76 bits per heavy atom. The van der Waals surface area contributed by atoms with Gasteiger partial charge in [0.05, 0.1) is 12.2 Å². The molecule has 6 heteroatoms. The van der Waals surface area contributed by atoms with E-state index in [1.807, 2.05) is 46.0 Å². The van der Waals surface area contributed by atoms with Crippen molar-refractivity contribution in [1.82, 2.24) is 14.9 Å². The van der Waals surface area contributed by atoms with Crippen molar-refractivity contribution < 1.29 is 9.53 Å². The molecule has 5 nitrogen and oxygen atoms in total. The standard InChI is InChI=1S/C19H22BrN3O2/c1-12-9-14(20)5-6-15(12)17-21-10-13-11-23(8-7-16(13)22-17)18(24)25-19(2,3)4/h5-6,9-10H,7-8,11H2,1-4H3. The number of carbonyl (C=O) groups excluding carboxylic acids is 1. The molecule has 1 aliphatic rings. The number of fused-ring (bicyclic) bond motifs is 1. The molecule has 0 fully saturated rings. The first-order valence-electron chi connectivity index (χ1n) is 8.32. The first kappa shape index (κ1) is 17.9. The van der Waals surface area contributed by atoms with Crippen LogP contribution < -0.4 is 0 Å². The van der Waals surface area contributed by atoms with E-state index in [4.69, 9.17) is 9.72 Å². The van der Waals surface area contributed by atoms with Gasteiger partial charge in [0.15, 0.2) is 5.82 Å². The Morgan fingerprint density at radius 2 is 2.08 bits per heavy atom. The Hall–Kier alpha value is -1.95. The molecule has 1 amide bonds. The van der Waals surface area contributed by atoms with Crippen LogP contribution in [0.4, 0.5) is 4.79 Å². The number of nitrogens with zero attached hydrogens (tertiary/aromatic N) is 3. The summed E-state index contributed by atoms with van der Waals surface area (Å²) >= 11 is 3.48. The van der Waals surface area contributed by atoms with Gasteiger partial charge in [-0.05, 0) is 51.5 Å². The van der Waals surface area contributed by atoms with Crippen molar-refractivity contribution in [2.45, 2.75) is 46.3 Å². The summed E-state index contributed by atoms with van der Waals surface area (Å²) in [7, 11) is 0. The molecule has 0 atom stereocenters. The monoisotopic (exact) mass is 403 g/mol. The zero-order valence-electron chi connectivity index (χ0n) is 15.0. The van der Waals surface area contributed by atoms with Crippen molar-refractivity contribution in [2.24, 2.45) is 0 Å². The normalized spacial score (nSPS) is 14.2. The molecule has 0 radical (unpaired) electrons. The van der Waals surface area contributed by atoms with Crippen molar-refractivity contribution in [2.75, 3.05) is 6.54 Å². The van der Waals surface area contributed by atoms with Gasteiger partial charge in [0.2, 0.25) is 0 Å². The lowest BCUT2D eigenvalue weighted by atomic mass is 10.1. The van der Waals surface area contributed by atoms with Gasteiger partial charge in [-0.1, -0.05) is 15.9 Å². The Morgan fingerprint density at radius 1 is 1.32 bits per heavy atom. The molecular weight excluding hydrogens is 382 g/mol. The predicted molar refractivity (Wildman–Crippen MR) is 100 cm³/mol. The maximum absolute atomic E-state index is 12.2. The van der Waals surface area contributed by atoms with Crippen molar-refractivity contribution in [3.63, 3.8) is 0 Å². The summed E-state index contributed by atoms with van der Waals surface area (Å²) in [6.07, 6.45) is 2.25. The van der Waals surface area contributed by atoms with Crippen LogP contribution in [0.3, 0.4) is 0 Å². The molecule has 0 unspecified atom stereocenters. The molecule has 0 spiro atoms. The molecule has 1 aromatic heterocycles. The average Bonchev–Trinajstić information content (AvgIpc) is 2.52. The lowest BCUT2D eigenvalue weighted by molar-refractivity contribution is 0.0222. The van der Waals surface area contributed by atoms with Crippen LogP contribution in [0.25, 0.3) is 11.4 Å². The third-order valence-corrected chi connectivity index (χ3v) is 4.51. The highest BCUT2D eigenvalue weighted by molar-refractivity contribution is 9.10. The Balaban J connectivity index is 1.81. The van der Waals surface area contributed by atoms with Crippen molar-refractivity contribution in [3.8, 4) is 11.4 Å². The van der Waals surface area contributed by atoms with E-state index < -0.39 is 5.60 Å². The van der Waals surface area contributed by atoms with Gasteiger partial charge < -0.3 is 9.64 Å². The van der Waals surface area contributed by atoms with E-state index in [0.29, 0.717) is 19.5 Å². The smallest absolute Gasteiger partial charge is 0.410 e. The van der Waals surface area contributed by atoms with E-state index >= 15 is 0 Å². The number of ether oxygens (including phenoxy) is 1. The minimum Gasteiger partial charge on any atom is -0.444 e. The molecule has 0 saturated carbocycles. The minimum absolute atomic E-state index is 0.286. The van der Waals surface area contributed by atoms with Crippen LogP contribution in [0.15, 0.2) is 28.9 Å². The summed E-state index contributed by atoms with van der Waals surface area (Å²) in [5.41, 5.74) is 3.65. The number of hydrogen-bond acceptors (Lipinski definition) is 4. The van der Waals surface area contributed by atoms with Crippen molar-refractivity contribution >= 4 is 22.0 Å². The molecule has 0 saturated heterocycles. The fraction of sp³-hybridized carbons (Fsp3) is 0.421. The summed E-state index contributed by atoms with van der Waals surface area (Å²) in [5.74, 6) is 0.731. The maximum atomic E-state index is 12.2. The number of hydrogen-bond donors (Lipinski definition) is 0. The van der Waals surface area contributed by atoms with Gasteiger partial charge in [0.1, 0.15) is 5.60 Å². The highest BCUT2D eigenvalue weighted by Crippen LogP contribution is 2.26. The van der Waals surface area contributed by atoms with Gasteiger partial charge in [0.25, 0.3) is 0 Å². The van der Waals surface area contributed by atoms with Crippen LogP contribution in [0.5, 0.6) is 0 Å². The van der Waals surface area contributed by atoms with Crippen molar-refractivity contribution in [3.05, 3.63) is 45.7 Å². The fourth-order valence-electron chi connectivity index (χ4n) is 2.81. The number of aryl methyl sites for hydroxylation is 1.